The molecule has 1 heterocycles. The molecule has 2 bridgehead atoms. The fourth-order valence-corrected chi connectivity index (χ4v) is 7.00. The maximum Gasteiger partial charge on any atom is 0.189 e. The molecule has 0 radical (unpaired) electrons. The number of rotatable bonds is 4. The SMILES string of the molecule is C=C(Cc1cc2ccccc2[nH]1)[C@]12CC#C[C@@H](NC(N)=NC)C[C@]3(O)[C@H](O)C[C@@H]([C@@H]3C1)[C@](C)(O)CC2. The lowest BCUT2D eigenvalue weighted by molar-refractivity contribution is -0.105. The smallest absolute Gasteiger partial charge is 0.189 e. The van der Waals surface area contributed by atoms with Gasteiger partial charge in [-0.15, -0.1) is 5.92 Å². The third kappa shape index (κ3) is 4.21. The highest BCUT2D eigenvalue weighted by Crippen LogP contribution is 2.59. The number of aliphatic hydroxyl groups excluding tert-OH is 1. The molecule has 7 nitrogen and oxygen atoms in total. The summed E-state index contributed by atoms with van der Waals surface area (Å²) in [5.74, 6) is 6.35. The summed E-state index contributed by atoms with van der Waals surface area (Å²) < 4.78 is 0. The van der Waals surface area contributed by atoms with Crippen molar-refractivity contribution in [1.82, 2.24) is 10.3 Å². The van der Waals surface area contributed by atoms with Crippen LogP contribution in [0.1, 0.15) is 51.1 Å². The van der Waals surface area contributed by atoms with Crippen LogP contribution in [0.4, 0.5) is 0 Å². The number of hydrogen-bond acceptors (Lipinski definition) is 4. The first-order valence-electron chi connectivity index (χ1n) is 12.9. The topological polar surface area (TPSA) is 127 Å². The second-order valence-electron chi connectivity index (χ2n) is 11.5. The van der Waals surface area contributed by atoms with E-state index >= 15 is 0 Å². The fraction of sp³-hybridized carbons (Fsp3) is 0.552. The highest BCUT2D eigenvalue weighted by atomic mass is 16.3. The molecule has 2 aromatic rings. The van der Waals surface area contributed by atoms with E-state index in [0.29, 0.717) is 32.1 Å². The van der Waals surface area contributed by atoms with Gasteiger partial charge in [0.25, 0.3) is 0 Å². The molecule has 0 aliphatic heterocycles. The predicted molar refractivity (Wildman–Crippen MR) is 142 cm³/mol. The zero-order valence-electron chi connectivity index (χ0n) is 21.2. The van der Waals surface area contributed by atoms with Gasteiger partial charge in [-0.3, -0.25) is 4.99 Å². The van der Waals surface area contributed by atoms with Crippen LogP contribution in [0.3, 0.4) is 0 Å². The van der Waals surface area contributed by atoms with Gasteiger partial charge in [0.2, 0.25) is 0 Å². The van der Waals surface area contributed by atoms with E-state index in [1.165, 1.54) is 0 Å². The molecule has 1 aromatic heterocycles. The molecule has 3 aliphatic carbocycles. The van der Waals surface area contributed by atoms with Crippen molar-refractivity contribution in [3.05, 3.63) is 48.2 Å². The highest BCUT2D eigenvalue weighted by Gasteiger charge is 2.62. The van der Waals surface area contributed by atoms with Gasteiger partial charge in [-0.05, 0) is 62.0 Å². The number of hydrogen-bond donors (Lipinski definition) is 6. The van der Waals surface area contributed by atoms with Gasteiger partial charge in [0.15, 0.2) is 5.96 Å². The van der Waals surface area contributed by atoms with E-state index in [-0.39, 0.29) is 24.2 Å². The Balaban J connectivity index is 1.55. The summed E-state index contributed by atoms with van der Waals surface area (Å²) >= 11 is 0. The van der Waals surface area contributed by atoms with E-state index in [1.807, 2.05) is 19.1 Å². The fourth-order valence-electron chi connectivity index (χ4n) is 7.00. The first kappa shape index (κ1) is 24.9. The monoisotopic (exact) mass is 490 g/mol. The molecule has 7 heteroatoms. The molecule has 7 N–H and O–H groups in total. The van der Waals surface area contributed by atoms with Gasteiger partial charge in [-0.2, -0.15) is 0 Å². The second-order valence-corrected chi connectivity index (χ2v) is 11.5. The summed E-state index contributed by atoms with van der Waals surface area (Å²) in [7, 11) is 1.59. The Morgan fingerprint density at radius 1 is 1.25 bits per heavy atom. The lowest BCUT2D eigenvalue weighted by Crippen LogP contribution is -2.52. The Hall–Kier alpha value is -2.79. The van der Waals surface area contributed by atoms with Gasteiger partial charge in [-0.25, -0.2) is 0 Å². The molecule has 1 aromatic carbocycles. The van der Waals surface area contributed by atoms with E-state index in [1.54, 1.807) is 7.05 Å². The molecule has 192 valence electrons. The molecule has 5 rings (SSSR count). The Labute approximate surface area is 212 Å². The van der Waals surface area contributed by atoms with Crippen molar-refractivity contribution in [1.29, 1.82) is 0 Å². The summed E-state index contributed by atoms with van der Waals surface area (Å²) in [6.45, 7) is 6.43. The van der Waals surface area contributed by atoms with E-state index in [0.717, 1.165) is 28.6 Å². The Morgan fingerprint density at radius 3 is 2.78 bits per heavy atom. The standard InChI is InChI=1S/C29H38N4O3/c1-18(13-21-14-19-7-4-5-9-24(19)32-21)28-10-6-8-20(33-26(30)31-3)16-29(36)23(17-28)22(15-25(29)34)27(2,35)11-12-28/h4-5,7,9,14,20,22-23,25,32,34-36H,1,10-13,15-17H2,2-3H3,(H3,30,31,33)/t20-,22+,23+,25-,27-,28+,29-/m1/s1. The third-order valence-electron chi connectivity index (χ3n) is 9.24. The van der Waals surface area contributed by atoms with Crippen LogP contribution >= 0.6 is 0 Å². The van der Waals surface area contributed by atoms with Gasteiger partial charge in [0, 0.05) is 42.9 Å². The summed E-state index contributed by atoms with van der Waals surface area (Å²) in [5.41, 5.74) is 6.36. The average molecular weight is 491 g/mol. The Morgan fingerprint density at radius 2 is 2.03 bits per heavy atom. The molecule has 3 aliphatic rings. The van der Waals surface area contributed by atoms with Crippen molar-refractivity contribution in [3.63, 3.8) is 0 Å². The number of fused-ring (bicyclic) bond motifs is 2. The number of nitrogens with two attached hydrogens (primary N) is 1. The maximum atomic E-state index is 12.0. The van der Waals surface area contributed by atoms with Crippen molar-refractivity contribution < 1.29 is 15.3 Å². The van der Waals surface area contributed by atoms with Gasteiger partial charge in [-0.1, -0.05) is 36.3 Å². The van der Waals surface area contributed by atoms with Crippen molar-refractivity contribution in [3.8, 4) is 11.8 Å². The minimum Gasteiger partial charge on any atom is -0.390 e. The summed E-state index contributed by atoms with van der Waals surface area (Å²) in [5, 5.41) is 39.0. The van der Waals surface area contributed by atoms with Crippen LogP contribution in [0.15, 0.2) is 47.5 Å². The Kier molecular flexibility index (Phi) is 6.19. The lowest BCUT2D eigenvalue weighted by atomic mass is 9.66. The number of aromatic nitrogens is 1. The van der Waals surface area contributed by atoms with Gasteiger partial charge in [0.1, 0.15) is 0 Å². The number of aliphatic hydroxyl groups is 3. The van der Waals surface area contributed by atoms with Crippen molar-refractivity contribution in [2.45, 2.75) is 75.2 Å². The van der Waals surface area contributed by atoms with Crippen LogP contribution in [0.25, 0.3) is 10.9 Å². The van der Waals surface area contributed by atoms with Crippen molar-refractivity contribution in [2.24, 2.45) is 28.0 Å². The quantitative estimate of drug-likeness (QED) is 0.170. The van der Waals surface area contributed by atoms with Crippen LogP contribution in [-0.2, 0) is 6.42 Å². The van der Waals surface area contributed by atoms with E-state index in [2.05, 4.69) is 51.9 Å². The minimum absolute atomic E-state index is 0.208. The van der Waals surface area contributed by atoms with Crippen LogP contribution in [0, 0.1) is 29.1 Å². The van der Waals surface area contributed by atoms with E-state index in [9.17, 15) is 15.3 Å². The second kappa shape index (κ2) is 8.95. The molecule has 2 fully saturated rings. The zero-order chi connectivity index (χ0) is 25.7. The van der Waals surface area contributed by atoms with Crippen LogP contribution in [0.2, 0.25) is 0 Å². The third-order valence-corrected chi connectivity index (χ3v) is 9.24. The number of guanidine groups is 1. The minimum atomic E-state index is -1.41. The molecular formula is C29H38N4O3. The number of benzene rings is 1. The number of aromatic amines is 1. The number of allylic oxidation sites excluding steroid dienone is 1. The van der Waals surface area contributed by atoms with E-state index in [4.69, 9.17) is 5.73 Å². The first-order valence-corrected chi connectivity index (χ1v) is 12.9. The molecule has 0 amide bonds. The zero-order valence-corrected chi connectivity index (χ0v) is 21.2. The largest absolute Gasteiger partial charge is 0.390 e. The van der Waals surface area contributed by atoms with Crippen molar-refractivity contribution >= 4 is 16.9 Å². The molecule has 2 saturated carbocycles. The Bertz CT molecular complexity index is 1220. The molecular weight excluding hydrogens is 452 g/mol. The van der Waals surface area contributed by atoms with Crippen LogP contribution in [-0.4, -0.2) is 56.7 Å². The summed E-state index contributed by atoms with van der Waals surface area (Å²) in [6.07, 6.45) is 2.76. The maximum absolute atomic E-state index is 12.0. The number of H-pyrrole nitrogens is 1. The first-order chi connectivity index (χ1) is 17.1. The van der Waals surface area contributed by atoms with Gasteiger partial charge < -0.3 is 31.4 Å². The average Bonchev–Trinajstić information content (AvgIpc) is 3.33. The molecule has 0 spiro atoms. The summed E-state index contributed by atoms with van der Waals surface area (Å²) in [6, 6.07) is 9.91. The van der Waals surface area contributed by atoms with Crippen molar-refractivity contribution in [2.75, 3.05) is 7.05 Å². The normalized spacial score (nSPS) is 38.3. The van der Waals surface area contributed by atoms with Gasteiger partial charge in [0.05, 0.1) is 23.3 Å². The predicted octanol–water partition coefficient (Wildman–Crippen LogP) is 2.62. The number of para-hydroxylation sites is 1. The molecule has 7 atom stereocenters. The molecule has 0 saturated heterocycles. The lowest BCUT2D eigenvalue weighted by Gasteiger charge is -2.41. The summed E-state index contributed by atoms with van der Waals surface area (Å²) in [4.78, 5) is 7.50. The molecule has 36 heavy (non-hydrogen) atoms. The van der Waals surface area contributed by atoms with Crippen LogP contribution < -0.4 is 11.1 Å². The van der Waals surface area contributed by atoms with Gasteiger partial charge >= 0.3 is 0 Å². The number of aliphatic imine (C=N–C) groups is 1. The number of nitrogens with zero attached hydrogens (tertiary/aromatic N) is 1. The van der Waals surface area contributed by atoms with Crippen LogP contribution in [0.5, 0.6) is 0 Å². The van der Waals surface area contributed by atoms with E-state index < -0.39 is 28.8 Å². The highest BCUT2D eigenvalue weighted by molar-refractivity contribution is 5.80. The number of nitrogens with one attached hydrogen (secondary N) is 2. The molecule has 0 unspecified atom stereocenters.